The standard InChI is InChI=1S/C23H19N3O/c27-23(25-15-13-17-8-2-1-3-9-17)19-16-22(21-12-6-7-14-24-21)26-20-11-5-4-10-18(19)20/h1-12,14,16H,13,15H2,(H,25,27). The summed E-state index contributed by atoms with van der Waals surface area (Å²) < 4.78 is 0. The molecule has 0 unspecified atom stereocenters. The van der Waals surface area contributed by atoms with Gasteiger partial charge in [-0.25, -0.2) is 4.98 Å². The minimum absolute atomic E-state index is 0.0956. The Hall–Kier alpha value is -3.53. The summed E-state index contributed by atoms with van der Waals surface area (Å²) in [6, 6.07) is 25.3. The van der Waals surface area contributed by atoms with Gasteiger partial charge < -0.3 is 5.32 Å². The van der Waals surface area contributed by atoms with E-state index in [1.165, 1.54) is 5.56 Å². The zero-order valence-corrected chi connectivity index (χ0v) is 14.8. The average molecular weight is 353 g/mol. The highest BCUT2D eigenvalue weighted by Gasteiger charge is 2.14. The normalized spacial score (nSPS) is 10.7. The maximum absolute atomic E-state index is 12.9. The predicted molar refractivity (Wildman–Crippen MR) is 107 cm³/mol. The molecule has 0 aliphatic carbocycles. The van der Waals surface area contributed by atoms with Crippen LogP contribution in [0.1, 0.15) is 15.9 Å². The van der Waals surface area contributed by atoms with Crippen LogP contribution in [0.3, 0.4) is 0 Å². The van der Waals surface area contributed by atoms with Gasteiger partial charge in [0.05, 0.1) is 22.5 Å². The third-order valence-electron chi connectivity index (χ3n) is 4.43. The number of nitrogens with zero attached hydrogens (tertiary/aromatic N) is 2. The van der Waals surface area contributed by atoms with Crippen LogP contribution in [0.15, 0.2) is 85.1 Å². The van der Waals surface area contributed by atoms with Crippen LogP contribution < -0.4 is 5.32 Å². The molecule has 0 radical (unpaired) electrons. The van der Waals surface area contributed by atoms with Gasteiger partial charge in [-0.15, -0.1) is 0 Å². The fourth-order valence-electron chi connectivity index (χ4n) is 3.07. The van der Waals surface area contributed by atoms with Crippen molar-refractivity contribution in [1.82, 2.24) is 15.3 Å². The van der Waals surface area contributed by atoms with Crippen molar-refractivity contribution in [3.05, 3.63) is 96.2 Å². The van der Waals surface area contributed by atoms with Gasteiger partial charge in [0.25, 0.3) is 5.91 Å². The molecular weight excluding hydrogens is 334 g/mol. The van der Waals surface area contributed by atoms with Crippen LogP contribution in [0.25, 0.3) is 22.3 Å². The minimum atomic E-state index is -0.0956. The molecule has 4 rings (SSSR count). The average Bonchev–Trinajstić information content (AvgIpc) is 2.74. The number of benzene rings is 2. The molecule has 0 bridgehead atoms. The minimum Gasteiger partial charge on any atom is -0.352 e. The van der Waals surface area contributed by atoms with E-state index in [9.17, 15) is 4.79 Å². The van der Waals surface area contributed by atoms with Crippen LogP contribution in [0.5, 0.6) is 0 Å². The van der Waals surface area contributed by atoms with Crippen molar-refractivity contribution in [2.24, 2.45) is 0 Å². The van der Waals surface area contributed by atoms with E-state index >= 15 is 0 Å². The molecule has 4 heteroatoms. The molecule has 0 saturated heterocycles. The molecule has 1 amide bonds. The fraction of sp³-hybridized carbons (Fsp3) is 0.0870. The summed E-state index contributed by atoms with van der Waals surface area (Å²) in [6.07, 6.45) is 2.52. The van der Waals surface area contributed by atoms with Crippen molar-refractivity contribution in [3.8, 4) is 11.4 Å². The number of aromatic nitrogens is 2. The Morgan fingerprint density at radius 2 is 1.63 bits per heavy atom. The summed E-state index contributed by atoms with van der Waals surface area (Å²) in [7, 11) is 0. The second kappa shape index (κ2) is 7.79. The molecule has 0 aliphatic rings. The SMILES string of the molecule is O=C(NCCc1ccccc1)c1cc(-c2ccccn2)nc2ccccc12. The van der Waals surface area contributed by atoms with E-state index in [4.69, 9.17) is 0 Å². The van der Waals surface area contributed by atoms with Crippen LogP contribution in [0.2, 0.25) is 0 Å². The molecule has 0 aliphatic heterocycles. The molecule has 132 valence electrons. The fourth-order valence-corrected chi connectivity index (χ4v) is 3.07. The highest BCUT2D eigenvalue weighted by atomic mass is 16.1. The molecule has 4 nitrogen and oxygen atoms in total. The lowest BCUT2D eigenvalue weighted by atomic mass is 10.1. The van der Waals surface area contributed by atoms with Crippen LogP contribution >= 0.6 is 0 Å². The summed E-state index contributed by atoms with van der Waals surface area (Å²) in [5.41, 5.74) is 4.05. The summed E-state index contributed by atoms with van der Waals surface area (Å²) in [6.45, 7) is 0.582. The number of amides is 1. The first-order chi connectivity index (χ1) is 13.3. The van der Waals surface area contributed by atoms with Gasteiger partial charge >= 0.3 is 0 Å². The molecule has 4 aromatic rings. The van der Waals surface area contributed by atoms with E-state index in [1.54, 1.807) is 6.20 Å². The first kappa shape index (κ1) is 16.9. The molecule has 2 heterocycles. The third-order valence-corrected chi connectivity index (χ3v) is 4.43. The molecule has 0 fully saturated rings. The second-order valence-electron chi connectivity index (χ2n) is 6.28. The van der Waals surface area contributed by atoms with Gasteiger partial charge in [-0.05, 0) is 36.2 Å². The van der Waals surface area contributed by atoms with Crippen molar-refractivity contribution in [3.63, 3.8) is 0 Å². The number of para-hydroxylation sites is 1. The number of hydrogen-bond acceptors (Lipinski definition) is 3. The number of carbonyl (C=O) groups is 1. The van der Waals surface area contributed by atoms with Crippen molar-refractivity contribution in [2.45, 2.75) is 6.42 Å². The first-order valence-electron chi connectivity index (χ1n) is 8.94. The quantitative estimate of drug-likeness (QED) is 0.583. The van der Waals surface area contributed by atoms with Gasteiger partial charge in [-0.3, -0.25) is 9.78 Å². The van der Waals surface area contributed by atoms with Crippen LogP contribution in [0.4, 0.5) is 0 Å². The maximum Gasteiger partial charge on any atom is 0.252 e. The Balaban J connectivity index is 1.62. The largest absolute Gasteiger partial charge is 0.352 e. The van der Waals surface area contributed by atoms with E-state index < -0.39 is 0 Å². The van der Waals surface area contributed by atoms with Crippen LogP contribution in [-0.2, 0) is 6.42 Å². The summed E-state index contributed by atoms with van der Waals surface area (Å²) in [4.78, 5) is 21.9. The summed E-state index contributed by atoms with van der Waals surface area (Å²) >= 11 is 0. The van der Waals surface area contributed by atoms with E-state index in [2.05, 4.69) is 27.4 Å². The van der Waals surface area contributed by atoms with E-state index in [0.717, 1.165) is 23.0 Å². The number of nitrogens with one attached hydrogen (secondary N) is 1. The predicted octanol–water partition coefficient (Wildman–Crippen LogP) is 4.27. The maximum atomic E-state index is 12.9. The smallest absolute Gasteiger partial charge is 0.252 e. The Labute approximate surface area is 157 Å². The number of hydrogen-bond donors (Lipinski definition) is 1. The zero-order valence-electron chi connectivity index (χ0n) is 14.8. The third kappa shape index (κ3) is 3.85. The molecule has 1 N–H and O–H groups in total. The molecule has 27 heavy (non-hydrogen) atoms. The molecule has 0 saturated carbocycles. The molecule has 2 aromatic carbocycles. The zero-order chi connectivity index (χ0) is 18.5. The number of fused-ring (bicyclic) bond motifs is 1. The highest BCUT2D eigenvalue weighted by Crippen LogP contribution is 2.23. The monoisotopic (exact) mass is 353 g/mol. The van der Waals surface area contributed by atoms with Gasteiger partial charge in [0.15, 0.2) is 0 Å². The van der Waals surface area contributed by atoms with Gasteiger partial charge in [0, 0.05) is 18.1 Å². The molecule has 2 aromatic heterocycles. The van der Waals surface area contributed by atoms with Gasteiger partial charge in [0.1, 0.15) is 0 Å². The number of carbonyl (C=O) groups excluding carboxylic acids is 1. The second-order valence-corrected chi connectivity index (χ2v) is 6.28. The van der Waals surface area contributed by atoms with E-state index in [-0.39, 0.29) is 5.91 Å². The molecule has 0 atom stereocenters. The Morgan fingerprint density at radius 1 is 0.852 bits per heavy atom. The lowest BCUT2D eigenvalue weighted by molar-refractivity contribution is 0.0956. The topological polar surface area (TPSA) is 54.9 Å². The first-order valence-corrected chi connectivity index (χ1v) is 8.94. The molecule has 0 spiro atoms. The van der Waals surface area contributed by atoms with Crippen molar-refractivity contribution >= 4 is 16.8 Å². The summed E-state index contributed by atoms with van der Waals surface area (Å²) in [5.74, 6) is -0.0956. The Morgan fingerprint density at radius 3 is 2.44 bits per heavy atom. The van der Waals surface area contributed by atoms with E-state index in [0.29, 0.717) is 17.8 Å². The van der Waals surface area contributed by atoms with Gasteiger partial charge in [-0.1, -0.05) is 54.6 Å². The van der Waals surface area contributed by atoms with Gasteiger partial charge in [0.2, 0.25) is 0 Å². The number of rotatable bonds is 5. The van der Waals surface area contributed by atoms with Crippen molar-refractivity contribution in [1.29, 1.82) is 0 Å². The lowest BCUT2D eigenvalue weighted by Crippen LogP contribution is -2.26. The van der Waals surface area contributed by atoms with Crippen molar-refractivity contribution < 1.29 is 4.79 Å². The van der Waals surface area contributed by atoms with E-state index in [1.807, 2.05) is 66.7 Å². The Kier molecular flexibility index (Phi) is 4.88. The van der Waals surface area contributed by atoms with Gasteiger partial charge in [-0.2, -0.15) is 0 Å². The number of pyridine rings is 2. The molecular formula is C23H19N3O. The highest BCUT2D eigenvalue weighted by molar-refractivity contribution is 6.07. The lowest BCUT2D eigenvalue weighted by Gasteiger charge is -2.10. The summed E-state index contributed by atoms with van der Waals surface area (Å²) in [5, 5.41) is 3.87. The van der Waals surface area contributed by atoms with Crippen LogP contribution in [0, 0.1) is 0 Å². The van der Waals surface area contributed by atoms with Crippen LogP contribution in [-0.4, -0.2) is 22.4 Å². The van der Waals surface area contributed by atoms with Crippen molar-refractivity contribution in [2.75, 3.05) is 6.54 Å². The Bertz CT molecular complexity index is 1060.